The lowest BCUT2D eigenvalue weighted by molar-refractivity contribution is 0.00578. The van der Waals surface area contributed by atoms with Crippen LogP contribution in [0, 0.1) is 0 Å². The van der Waals surface area contributed by atoms with Crippen molar-refractivity contribution in [3.63, 3.8) is 0 Å². The fraction of sp³-hybridized carbons (Fsp3) is 0.368. The second-order valence-corrected chi connectivity index (χ2v) is 8.46. The summed E-state index contributed by atoms with van der Waals surface area (Å²) in [6.07, 6.45) is 0. The van der Waals surface area contributed by atoms with E-state index in [2.05, 4.69) is 43.6 Å². The highest BCUT2D eigenvalue weighted by atomic mass is 79.9. The molecule has 0 unspecified atom stereocenters. The average molecular weight is 424 g/mol. The van der Waals surface area contributed by atoms with Gasteiger partial charge in [-0.1, -0.05) is 35.9 Å². The van der Waals surface area contributed by atoms with E-state index in [-0.39, 0.29) is 18.3 Å². The highest BCUT2D eigenvalue weighted by Crippen LogP contribution is 2.36. The topological polar surface area (TPSA) is 27.7 Å². The Kier molecular flexibility index (Phi) is 5.22. The maximum absolute atomic E-state index is 6.08. The van der Waals surface area contributed by atoms with Crippen LogP contribution in [0.25, 0.3) is 0 Å². The first kappa shape index (κ1) is 18.8. The van der Waals surface area contributed by atoms with Crippen LogP contribution in [0.4, 0.5) is 0 Å². The summed E-state index contributed by atoms with van der Waals surface area (Å²) in [4.78, 5) is 0. The van der Waals surface area contributed by atoms with Crippen LogP contribution in [0.5, 0.6) is 5.75 Å². The van der Waals surface area contributed by atoms with E-state index in [0.717, 1.165) is 21.2 Å². The molecule has 0 spiro atoms. The summed E-state index contributed by atoms with van der Waals surface area (Å²) in [6, 6.07) is 13.7. The van der Waals surface area contributed by atoms with Gasteiger partial charge in [0.1, 0.15) is 12.4 Å². The molecule has 0 saturated carbocycles. The van der Waals surface area contributed by atoms with Gasteiger partial charge in [-0.2, -0.15) is 0 Å². The van der Waals surface area contributed by atoms with Gasteiger partial charge in [0.25, 0.3) is 0 Å². The Hall–Kier alpha value is -1.01. The van der Waals surface area contributed by atoms with Crippen LogP contribution in [-0.4, -0.2) is 18.3 Å². The Morgan fingerprint density at radius 2 is 1.60 bits per heavy atom. The Bertz CT molecular complexity index is 746. The van der Waals surface area contributed by atoms with Crippen molar-refractivity contribution < 1.29 is 14.0 Å². The number of hydrogen-bond donors (Lipinski definition) is 0. The largest absolute Gasteiger partial charge is 0.494 e. The second-order valence-electron chi connectivity index (χ2n) is 7.19. The van der Waals surface area contributed by atoms with Crippen LogP contribution in [0.3, 0.4) is 0 Å². The molecule has 2 aromatic rings. The van der Waals surface area contributed by atoms with Crippen molar-refractivity contribution in [1.82, 2.24) is 0 Å². The zero-order valence-electron chi connectivity index (χ0n) is 14.8. The van der Waals surface area contributed by atoms with Crippen molar-refractivity contribution in [3.8, 4) is 5.75 Å². The van der Waals surface area contributed by atoms with E-state index >= 15 is 0 Å². The van der Waals surface area contributed by atoms with Gasteiger partial charge in [-0.15, -0.1) is 0 Å². The van der Waals surface area contributed by atoms with Gasteiger partial charge in [-0.05, 0) is 72.9 Å². The highest BCUT2D eigenvalue weighted by molar-refractivity contribution is 9.10. The lowest BCUT2D eigenvalue weighted by Gasteiger charge is -2.32. The smallest absolute Gasteiger partial charge is 0.489 e. The monoisotopic (exact) mass is 422 g/mol. The molecule has 2 aromatic carbocycles. The Labute approximate surface area is 162 Å². The molecule has 0 bridgehead atoms. The second kappa shape index (κ2) is 6.95. The number of hydrogen-bond acceptors (Lipinski definition) is 3. The van der Waals surface area contributed by atoms with Crippen molar-refractivity contribution in [1.29, 1.82) is 0 Å². The summed E-state index contributed by atoms with van der Waals surface area (Å²) < 4.78 is 18.8. The van der Waals surface area contributed by atoms with Gasteiger partial charge in [0, 0.05) is 4.47 Å². The number of rotatable bonds is 4. The van der Waals surface area contributed by atoms with Crippen molar-refractivity contribution in [2.75, 3.05) is 0 Å². The zero-order valence-corrected chi connectivity index (χ0v) is 17.1. The van der Waals surface area contributed by atoms with Crippen LogP contribution >= 0.6 is 27.5 Å². The Morgan fingerprint density at radius 1 is 1.00 bits per heavy atom. The van der Waals surface area contributed by atoms with Gasteiger partial charge in [-0.25, -0.2) is 0 Å². The Balaban J connectivity index is 1.64. The standard InChI is InChI=1S/C19H21BBrClO3/c1-18(2)19(3,4)25-20(24-18)14-7-5-13(6-8-14)12-23-15-9-10-16(21)17(22)11-15/h5-11H,12H2,1-4H3. The van der Waals surface area contributed by atoms with Crippen LogP contribution in [0.1, 0.15) is 33.3 Å². The van der Waals surface area contributed by atoms with Crippen molar-refractivity contribution >= 4 is 40.1 Å². The van der Waals surface area contributed by atoms with E-state index in [4.69, 9.17) is 25.6 Å². The summed E-state index contributed by atoms with van der Waals surface area (Å²) in [5.41, 5.74) is 1.41. The average Bonchev–Trinajstić information content (AvgIpc) is 2.77. The van der Waals surface area contributed by atoms with Gasteiger partial charge in [0.2, 0.25) is 0 Å². The molecule has 1 fully saturated rings. The number of benzene rings is 2. The van der Waals surface area contributed by atoms with Crippen molar-refractivity contribution in [3.05, 3.63) is 57.5 Å². The lowest BCUT2D eigenvalue weighted by atomic mass is 9.79. The highest BCUT2D eigenvalue weighted by Gasteiger charge is 2.51. The van der Waals surface area contributed by atoms with Gasteiger partial charge < -0.3 is 14.0 Å². The molecule has 1 aliphatic rings. The van der Waals surface area contributed by atoms with E-state index in [0.29, 0.717) is 11.6 Å². The van der Waals surface area contributed by atoms with E-state index in [1.165, 1.54) is 0 Å². The predicted octanol–water partition coefficient (Wildman–Crippen LogP) is 4.98. The number of halogens is 2. The minimum atomic E-state index is -0.342. The SMILES string of the molecule is CC1(C)OB(c2ccc(COc3ccc(Br)c(Cl)c3)cc2)OC1(C)C. The predicted molar refractivity (Wildman–Crippen MR) is 106 cm³/mol. The maximum Gasteiger partial charge on any atom is 0.494 e. The quantitative estimate of drug-likeness (QED) is 0.649. The first-order valence-electron chi connectivity index (χ1n) is 8.20. The van der Waals surface area contributed by atoms with E-state index in [9.17, 15) is 0 Å². The molecule has 0 radical (unpaired) electrons. The van der Waals surface area contributed by atoms with Crippen LogP contribution in [-0.2, 0) is 15.9 Å². The molecule has 0 aliphatic carbocycles. The first-order chi connectivity index (χ1) is 11.7. The zero-order chi connectivity index (χ0) is 18.2. The Morgan fingerprint density at radius 3 is 2.16 bits per heavy atom. The van der Waals surface area contributed by atoms with Gasteiger partial charge >= 0.3 is 7.12 Å². The normalized spacial score (nSPS) is 18.4. The molecular weight excluding hydrogens is 402 g/mol. The molecule has 25 heavy (non-hydrogen) atoms. The minimum absolute atomic E-state index is 0.333. The molecule has 0 N–H and O–H groups in total. The molecule has 1 saturated heterocycles. The first-order valence-corrected chi connectivity index (χ1v) is 9.37. The van der Waals surface area contributed by atoms with Gasteiger partial charge in [0.15, 0.2) is 0 Å². The fourth-order valence-electron chi connectivity index (χ4n) is 2.48. The summed E-state index contributed by atoms with van der Waals surface area (Å²) in [5.74, 6) is 0.739. The minimum Gasteiger partial charge on any atom is -0.489 e. The van der Waals surface area contributed by atoms with E-state index in [1.54, 1.807) is 6.07 Å². The van der Waals surface area contributed by atoms with Crippen molar-refractivity contribution in [2.24, 2.45) is 0 Å². The summed E-state index contributed by atoms with van der Waals surface area (Å²) in [7, 11) is -0.342. The molecule has 3 rings (SSSR count). The molecular formula is C19H21BBrClO3. The molecule has 0 aromatic heterocycles. The lowest BCUT2D eigenvalue weighted by Crippen LogP contribution is -2.41. The fourth-order valence-corrected chi connectivity index (χ4v) is 2.90. The van der Waals surface area contributed by atoms with E-state index < -0.39 is 0 Å². The third-order valence-corrected chi connectivity index (χ3v) is 6.03. The summed E-state index contributed by atoms with van der Waals surface area (Å²) in [5, 5.41) is 0.633. The summed E-state index contributed by atoms with van der Waals surface area (Å²) >= 11 is 9.45. The maximum atomic E-state index is 6.08. The molecule has 3 nitrogen and oxygen atoms in total. The van der Waals surface area contributed by atoms with Gasteiger partial charge in [0.05, 0.1) is 16.2 Å². The van der Waals surface area contributed by atoms with Crippen LogP contribution in [0.2, 0.25) is 5.02 Å². The van der Waals surface area contributed by atoms with Crippen LogP contribution < -0.4 is 10.2 Å². The molecule has 0 amide bonds. The van der Waals surface area contributed by atoms with Gasteiger partial charge in [-0.3, -0.25) is 0 Å². The third kappa shape index (κ3) is 4.06. The molecule has 1 aliphatic heterocycles. The van der Waals surface area contributed by atoms with Crippen LogP contribution in [0.15, 0.2) is 46.9 Å². The third-order valence-electron chi connectivity index (χ3n) is 4.80. The molecule has 0 atom stereocenters. The van der Waals surface area contributed by atoms with E-state index in [1.807, 2.05) is 36.4 Å². The molecule has 6 heteroatoms. The molecule has 1 heterocycles. The summed E-state index contributed by atoms with van der Waals surface area (Å²) in [6.45, 7) is 8.69. The molecule has 132 valence electrons. The number of ether oxygens (including phenoxy) is 1. The van der Waals surface area contributed by atoms with Crippen molar-refractivity contribution in [2.45, 2.75) is 45.5 Å².